The van der Waals surface area contributed by atoms with Crippen LogP contribution in [0.3, 0.4) is 0 Å². The van der Waals surface area contributed by atoms with Gasteiger partial charge in [-0.2, -0.15) is 10.6 Å². The molecule has 7 nitrogen and oxygen atoms in total. The summed E-state index contributed by atoms with van der Waals surface area (Å²) in [6.45, 7) is 1.77. The molecule has 0 saturated carbocycles. The molecule has 1 fully saturated rings. The molecule has 4 aromatic rings. The molecule has 5 rings (SSSR count). The van der Waals surface area contributed by atoms with Crippen LogP contribution in [0.5, 0.6) is 0 Å². The van der Waals surface area contributed by atoms with Gasteiger partial charge in [-0.1, -0.05) is 0 Å². The van der Waals surface area contributed by atoms with Gasteiger partial charge in [-0.25, -0.2) is 13.6 Å². The number of halogens is 2. The minimum Gasteiger partial charge on any atom is -0.345 e. The molecule has 0 spiro atoms. The topological polar surface area (TPSA) is 96.5 Å². The molecule has 2 heterocycles. The number of nitrogens with zero attached hydrogens (tertiary/aromatic N) is 2. The maximum atomic E-state index is 13.6. The highest BCUT2D eigenvalue weighted by molar-refractivity contribution is 8.24. The molecule has 1 aromatic heterocycles. The number of aromatic nitrogens is 2. The molecular formula is C25H23F2N3O4S. The van der Waals surface area contributed by atoms with Gasteiger partial charge in [0.1, 0.15) is 11.6 Å². The van der Waals surface area contributed by atoms with Crippen molar-refractivity contribution in [1.29, 1.82) is 0 Å². The van der Waals surface area contributed by atoms with Gasteiger partial charge >= 0.3 is 5.69 Å². The number of imidazole rings is 1. The highest BCUT2D eigenvalue weighted by atomic mass is 32.3. The molecule has 1 aliphatic heterocycles. The number of amides is 1. The van der Waals surface area contributed by atoms with E-state index in [1.54, 1.807) is 25.1 Å². The molecular weight excluding hydrogens is 476 g/mol. The van der Waals surface area contributed by atoms with Crippen LogP contribution in [0.2, 0.25) is 0 Å². The van der Waals surface area contributed by atoms with Crippen LogP contribution in [0.4, 0.5) is 8.78 Å². The lowest BCUT2D eigenvalue weighted by Gasteiger charge is -2.30. The van der Waals surface area contributed by atoms with Gasteiger partial charge in [-0.05, 0) is 80.1 Å². The van der Waals surface area contributed by atoms with Crippen molar-refractivity contribution in [3.05, 3.63) is 94.4 Å². The van der Waals surface area contributed by atoms with Gasteiger partial charge in [0, 0.05) is 11.3 Å². The minimum absolute atomic E-state index is 0.0786. The number of fused-ring (bicyclic) bond motifs is 1. The summed E-state index contributed by atoms with van der Waals surface area (Å²) < 4.78 is 49.8. The van der Waals surface area contributed by atoms with Crippen molar-refractivity contribution in [2.45, 2.75) is 18.9 Å². The number of rotatable bonds is 4. The average molecular weight is 500 g/mol. The van der Waals surface area contributed by atoms with Gasteiger partial charge in [0.25, 0.3) is 5.91 Å². The zero-order valence-electron chi connectivity index (χ0n) is 18.7. The largest absolute Gasteiger partial charge is 0.345 e. The van der Waals surface area contributed by atoms with Gasteiger partial charge in [-0.3, -0.25) is 23.0 Å². The Bertz CT molecular complexity index is 1500. The third-order valence-corrected chi connectivity index (χ3v) is 8.17. The first-order valence-electron chi connectivity index (χ1n) is 10.9. The molecule has 0 radical (unpaired) electrons. The predicted octanol–water partition coefficient (Wildman–Crippen LogP) is 4.70. The van der Waals surface area contributed by atoms with E-state index in [4.69, 9.17) is 0 Å². The fourth-order valence-corrected chi connectivity index (χ4v) is 6.67. The van der Waals surface area contributed by atoms with E-state index in [2.05, 4.69) is 5.32 Å². The summed E-state index contributed by atoms with van der Waals surface area (Å²) in [6.07, 6.45) is 0.435. The second-order valence-corrected chi connectivity index (χ2v) is 11.3. The Morgan fingerprint density at radius 1 is 0.914 bits per heavy atom. The van der Waals surface area contributed by atoms with Gasteiger partial charge in [0.2, 0.25) is 0 Å². The Morgan fingerprint density at radius 2 is 1.46 bits per heavy atom. The number of hydrogen-bond acceptors (Lipinski definition) is 4. The van der Waals surface area contributed by atoms with Gasteiger partial charge < -0.3 is 5.32 Å². The van der Waals surface area contributed by atoms with Gasteiger partial charge in [-0.15, -0.1) is 0 Å². The summed E-state index contributed by atoms with van der Waals surface area (Å²) in [6, 6.07) is 15.6. The lowest BCUT2D eigenvalue weighted by molar-refractivity contribution is 0.0915. The molecule has 3 N–H and O–H groups in total. The first kappa shape index (κ1) is 23.3. The van der Waals surface area contributed by atoms with Crippen LogP contribution >= 0.6 is 10.6 Å². The number of nitrogens with one attached hydrogen (secondary N) is 1. The maximum absolute atomic E-state index is 13.6. The van der Waals surface area contributed by atoms with Gasteiger partial charge in [0.15, 0.2) is 0 Å². The molecule has 1 saturated heterocycles. The Balaban J connectivity index is 1.64. The maximum Gasteiger partial charge on any atom is 0.338 e. The highest BCUT2D eigenvalue weighted by Crippen LogP contribution is 2.49. The van der Waals surface area contributed by atoms with E-state index in [9.17, 15) is 27.5 Å². The van der Waals surface area contributed by atoms with E-state index < -0.39 is 39.4 Å². The Morgan fingerprint density at radius 3 is 1.97 bits per heavy atom. The fraction of sp³-hybridized carbons (Fsp3) is 0.200. The Hall–Kier alpha value is -3.47. The molecule has 1 atom stereocenters. The first-order valence-corrected chi connectivity index (χ1v) is 12.8. The van der Waals surface area contributed by atoms with Crippen molar-refractivity contribution in [3.8, 4) is 11.4 Å². The van der Waals surface area contributed by atoms with E-state index in [0.29, 0.717) is 28.8 Å². The van der Waals surface area contributed by atoms with E-state index in [-0.39, 0.29) is 17.1 Å². The monoisotopic (exact) mass is 499 g/mol. The van der Waals surface area contributed by atoms with E-state index in [1.807, 2.05) is 0 Å². The number of carbonyl (C=O) groups excluding carboxylic acids is 1. The number of hydrogen-bond donors (Lipinski definition) is 3. The molecule has 35 heavy (non-hydrogen) atoms. The van der Waals surface area contributed by atoms with Crippen LogP contribution < -0.4 is 11.0 Å². The second-order valence-electron chi connectivity index (χ2n) is 9.03. The zero-order valence-corrected chi connectivity index (χ0v) is 19.6. The molecule has 1 amide bonds. The Kier molecular flexibility index (Phi) is 5.54. The summed E-state index contributed by atoms with van der Waals surface area (Å²) in [4.78, 5) is 26.6. The quantitative estimate of drug-likeness (QED) is 0.379. The van der Waals surface area contributed by atoms with Gasteiger partial charge in [0.05, 0.1) is 33.7 Å². The zero-order chi connectivity index (χ0) is 25.0. The summed E-state index contributed by atoms with van der Waals surface area (Å²) >= 11 is 0. The molecule has 3 aromatic carbocycles. The van der Waals surface area contributed by atoms with Crippen molar-refractivity contribution < 1.29 is 22.7 Å². The van der Waals surface area contributed by atoms with Crippen molar-refractivity contribution in [1.82, 2.24) is 14.5 Å². The second kappa shape index (κ2) is 8.33. The molecule has 10 heteroatoms. The van der Waals surface area contributed by atoms with E-state index >= 15 is 0 Å². The lowest BCUT2D eigenvalue weighted by atomic mass is 10.0. The predicted molar refractivity (Wildman–Crippen MR) is 132 cm³/mol. The van der Waals surface area contributed by atoms with Crippen molar-refractivity contribution in [2.75, 3.05) is 11.5 Å². The van der Waals surface area contributed by atoms with Crippen molar-refractivity contribution in [3.63, 3.8) is 0 Å². The van der Waals surface area contributed by atoms with Crippen LogP contribution in [0.15, 0.2) is 71.5 Å². The van der Waals surface area contributed by atoms with E-state index in [1.165, 1.54) is 57.7 Å². The normalized spacial score (nSPS) is 20.1. The SMILES string of the molecule is CC1(NC(=O)c2ccc3c(c2)n(-c2ccc(F)cc2)c(=O)n3-c2ccc(F)cc2)CCS(O)(O)C1. The van der Waals surface area contributed by atoms with Crippen LogP contribution in [0.1, 0.15) is 23.7 Å². The summed E-state index contributed by atoms with van der Waals surface area (Å²) in [5.74, 6) is -1.01. The Labute approximate surface area is 201 Å². The first-order chi connectivity index (χ1) is 16.6. The fourth-order valence-electron chi connectivity index (χ4n) is 4.51. The van der Waals surface area contributed by atoms with Crippen LogP contribution in [0, 0.1) is 11.6 Å². The molecule has 1 aliphatic rings. The van der Waals surface area contributed by atoms with Crippen LogP contribution in [-0.2, 0) is 0 Å². The third-order valence-electron chi connectivity index (χ3n) is 6.22. The van der Waals surface area contributed by atoms with Crippen molar-refractivity contribution in [2.24, 2.45) is 0 Å². The molecule has 1 unspecified atom stereocenters. The molecule has 0 bridgehead atoms. The van der Waals surface area contributed by atoms with Crippen LogP contribution in [0.25, 0.3) is 22.4 Å². The molecule has 0 aliphatic carbocycles. The van der Waals surface area contributed by atoms with Crippen molar-refractivity contribution >= 4 is 27.5 Å². The van der Waals surface area contributed by atoms with Crippen LogP contribution in [-0.4, -0.2) is 41.2 Å². The van der Waals surface area contributed by atoms with E-state index in [0.717, 1.165) is 0 Å². The summed E-state index contributed by atoms with van der Waals surface area (Å²) in [5, 5.41) is 2.89. The summed E-state index contributed by atoms with van der Waals surface area (Å²) in [5.41, 5.74) is 0.756. The average Bonchev–Trinajstić information content (AvgIpc) is 3.25. The lowest BCUT2D eigenvalue weighted by Crippen LogP contribution is -2.46. The smallest absolute Gasteiger partial charge is 0.338 e. The number of carbonyl (C=O) groups is 1. The third kappa shape index (κ3) is 4.36. The standard InChI is InChI=1S/C25H23F2N3O4S/c1-25(12-13-35(33,34)15-25)28-23(31)16-2-11-21-22(14-16)30(20-9-5-18(27)6-10-20)24(32)29(21)19-7-3-17(26)4-8-19/h2-11,14,33-34H,12-13,15H2,1H3,(H,28,31). The highest BCUT2D eigenvalue weighted by Gasteiger charge is 2.39. The molecule has 182 valence electrons. The minimum atomic E-state index is -2.72. The summed E-state index contributed by atoms with van der Waals surface area (Å²) in [7, 11) is -2.72. The number of benzene rings is 3.